The van der Waals surface area contributed by atoms with Gasteiger partial charge in [0.15, 0.2) is 0 Å². The van der Waals surface area contributed by atoms with Gasteiger partial charge in [0.05, 0.1) is 13.0 Å². The van der Waals surface area contributed by atoms with Crippen molar-refractivity contribution in [2.45, 2.75) is 25.3 Å². The molecule has 0 aliphatic carbocycles. The number of rotatable bonds is 7. The van der Waals surface area contributed by atoms with E-state index in [0.717, 1.165) is 32.5 Å². The lowest BCUT2D eigenvalue weighted by molar-refractivity contribution is -0.137. The van der Waals surface area contributed by atoms with Crippen molar-refractivity contribution in [3.8, 4) is 0 Å². The smallest absolute Gasteiger partial charge is 0.304 e. The van der Waals surface area contributed by atoms with E-state index >= 15 is 0 Å². The van der Waals surface area contributed by atoms with Crippen LogP contribution in [0.5, 0.6) is 0 Å². The molecule has 0 bridgehead atoms. The van der Waals surface area contributed by atoms with Gasteiger partial charge in [0.1, 0.15) is 0 Å². The van der Waals surface area contributed by atoms with Crippen molar-refractivity contribution < 1.29 is 14.6 Å². The van der Waals surface area contributed by atoms with Gasteiger partial charge in [-0.25, -0.2) is 0 Å². The second kappa shape index (κ2) is 7.60. The van der Waals surface area contributed by atoms with E-state index in [2.05, 4.69) is 10.2 Å². The van der Waals surface area contributed by atoms with E-state index in [0.29, 0.717) is 19.2 Å². The van der Waals surface area contributed by atoms with Crippen LogP contribution in [0.1, 0.15) is 19.3 Å². The first-order valence-electron chi connectivity index (χ1n) is 5.89. The van der Waals surface area contributed by atoms with Crippen molar-refractivity contribution >= 4 is 5.97 Å². The topological polar surface area (TPSA) is 61.8 Å². The molecule has 0 atom stereocenters. The second-order valence-corrected chi connectivity index (χ2v) is 4.15. The molecule has 1 aliphatic rings. The summed E-state index contributed by atoms with van der Waals surface area (Å²) >= 11 is 0. The van der Waals surface area contributed by atoms with Crippen molar-refractivity contribution in [1.29, 1.82) is 0 Å². The summed E-state index contributed by atoms with van der Waals surface area (Å²) in [5.41, 5.74) is 0. The van der Waals surface area contributed by atoms with Crippen LogP contribution in [0.2, 0.25) is 0 Å². The Hall–Kier alpha value is -0.650. The number of nitrogens with zero attached hydrogens (tertiary/aromatic N) is 1. The number of hydrogen-bond acceptors (Lipinski definition) is 4. The fourth-order valence-corrected chi connectivity index (χ4v) is 2.10. The maximum atomic E-state index is 10.6. The number of carboxylic acids is 1. The molecule has 0 saturated carbocycles. The van der Waals surface area contributed by atoms with Crippen molar-refractivity contribution in [2.75, 3.05) is 39.9 Å². The number of methoxy groups -OCH3 is 1. The average molecular weight is 230 g/mol. The van der Waals surface area contributed by atoms with Gasteiger partial charge in [-0.2, -0.15) is 0 Å². The molecule has 0 unspecified atom stereocenters. The second-order valence-electron chi connectivity index (χ2n) is 4.15. The fourth-order valence-electron chi connectivity index (χ4n) is 2.10. The maximum Gasteiger partial charge on any atom is 0.304 e. The van der Waals surface area contributed by atoms with Gasteiger partial charge in [-0.1, -0.05) is 0 Å². The molecule has 16 heavy (non-hydrogen) atoms. The molecule has 0 amide bonds. The van der Waals surface area contributed by atoms with Gasteiger partial charge in [0.2, 0.25) is 0 Å². The molecule has 1 heterocycles. The monoisotopic (exact) mass is 230 g/mol. The van der Waals surface area contributed by atoms with Crippen LogP contribution in [0.3, 0.4) is 0 Å². The first kappa shape index (κ1) is 13.4. The Morgan fingerprint density at radius 1 is 1.44 bits per heavy atom. The van der Waals surface area contributed by atoms with Gasteiger partial charge in [-0.05, 0) is 25.9 Å². The van der Waals surface area contributed by atoms with Crippen LogP contribution in [-0.2, 0) is 9.53 Å². The quantitative estimate of drug-likeness (QED) is 0.652. The van der Waals surface area contributed by atoms with Gasteiger partial charge in [-0.15, -0.1) is 0 Å². The third kappa shape index (κ3) is 4.92. The maximum absolute atomic E-state index is 10.6. The van der Waals surface area contributed by atoms with E-state index < -0.39 is 5.97 Å². The third-order valence-corrected chi connectivity index (χ3v) is 3.02. The average Bonchev–Trinajstić information content (AvgIpc) is 2.30. The number of hydrogen-bond donors (Lipinski definition) is 2. The van der Waals surface area contributed by atoms with Gasteiger partial charge < -0.3 is 15.2 Å². The van der Waals surface area contributed by atoms with Crippen LogP contribution >= 0.6 is 0 Å². The standard InChI is InChI=1S/C11H22N2O3/c1-16-9-8-13(7-4-11(14)15)10-2-5-12-6-3-10/h10,12H,2-9H2,1H3,(H,14,15). The number of ether oxygens (including phenoxy) is 1. The van der Waals surface area contributed by atoms with Gasteiger partial charge in [0.25, 0.3) is 0 Å². The van der Waals surface area contributed by atoms with Crippen molar-refractivity contribution in [2.24, 2.45) is 0 Å². The molecule has 1 rings (SSSR count). The zero-order valence-corrected chi connectivity index (χ0v) is 9.95. The Kier molecular flexibility index (Phi) is 6.37. The highest BCUT2D eigenvalue weighted by Gasteiger charge is 2.20. The summed E-state index contributed by atoms with van der Waals surface area (Å²) in [5.74, 6) is -0.726. The SMILES string of the molecule is COCCN(CCC(=O)O)C1CCNCC1. The zero-order chi connectivity index (χ0) is 11.8. The molecule has 0 aromatic rings. The summed E-state index contributed by atoms with van der Waals surface area (Å²) in [5, 5.41) is 12.0. The minimum absolute atomic E-state index is 0.216. The van der Waals surface area contributed by atoms with E-state index in [4.69, 9.17) is 9.84 Å². The molecule has 94 valence electrons. The fraction of sp³-hybridized carbons (Fsp3) is 0.909. The van der Waals surface area contributed by atoms with Gasteiger partial charge in [0, 0.05) is 26.2 Å². The molecule has 2 N–H and O–H groups in total. The predicted molar refractivity (Wildman–Crippen MR) is 61.6 cm³/mol. The van der Waals surface area contributed by atoms with Crippen LogP contribution in [-0.4, -0.2) is 61.9 Å². The summed E-state index contributed by atoms with van der Waals surface area (Å²) in [4.78, 5) is 12.8. The van der Waals surface area contributed by atoms with Crippen molar-refractivity contribution in [3.63, 3.8) is 0 Å². The molecule has 1 aliphatic heterocycles. The molecular weight excluding hydrogens is 208 g/mol. The summed E-state index contributed by atoms with van der Waals surface area (Å²) < 4.78 is 5.07. The van der Waals surface area contributed by atoms with Crippen molar-refractivity contribution in [1.82, 2.24) is 10.2 Å². The third-order valence-electron chi connectivity index (χ3n) is 3.02. The van der Waals surface area contributed by atoms with Crippen LogP contribution in [0.4, 0.5) is 0 Å². The molecule has 0 aromatic carbocycles. The first-order valence-corrected chi connectivity index (χ1v) is 5.89. The minimum atomic E-state index is -0.726. The summed E-state index contributed by atoms with van der Waals surface area (Å²) in [6.45, 7) is 4.18. The van der Waals surface area contributed by atoms with E-state index in [1.165, 1.54) is 0 Å². The Balaban J connectivity index is 2.37. The highest BCUT2D eigenvalue weighted by atomic mass is 16.5. The Morgan fingerprint density at radius 3 is 2.69 bits per heavy atom. The van der Waals surface area contributed by atoms with Crippen LogP contribution in [0, 0.1) is 0 Å². The Bertz CT molecular complexity index is 205. The Labute approximate surface area is 96.8 Å². The minimum Gasteiger partial charge on any atom is -0.481 e. The number of carboxylic acid groups (broad SMARTS) is 1. The molecule has 0 radical (unpaired) electrons. The lowest BCUT2D eigenvalue weighted by Gasteiger charge is -2.34. The van der Waals surface area contributed by atoms with Gasteiger partial charge >= 0.3 is 5.97 Å². The van der Waals surface area contributed by atoms with E-state index in [9.17, 15) is 4.79 Å². The molecule has 1 fully saturated rings. The van der Waals surface area contributed by atoms with Crippen LogP contribution in [0.15, 0.2) is 0 Å². The van der Waals surface area contributed by atoms with Crippen molar-refractivity contribution in [3.05, 3.63) is 0 Å². The summed E-state index contributed by atoms with van der Waals surface area (Å²) in [6.07, 6.45) is 2.42. The number of carbonyl (C=O) groups is 1. The zero-order valence-electron chi connectivity index (χ0n) is 9.95. The lowest BCUT2D eigenvalue weighted by Crippen LogP contribution is -2.45. The molecular formula is C11H22N2O3. The van der Waals surface area contributed by atoms with E-state index in [1.807, 2.05) is 0 Å². The normalized spacial score (nSPS) is 17.9. The predicted octanol–water partition coefficient (Wildman–Crippen LogP) is 0.162. The highest BCUT2D eigenvalue weighted by Crippen LogP contribution is 2.12. The number of piperidine rings is 1. The number of aliphatic carboxylic acids is 1. The largest absolute Gasteiger partial charge is 0.481 e. The Morgan fingerprint density at radius 2 is 2.12 bits per heavy atom. The first-order chi connectivity index (χ1) is 7.74. The lowest BCUT2D eigenvalue weighted by atomic mass is 10.0. The highest BCUT2D eigenvalue weighted by molar-refractivity contribution is 5.66. The van der Waals surface area contributed by atoms with E-state index in [1.54, 1.807) is 7.11 Å². The molecule has 5 heteroatoms. The molecule has 0 aromatic heterocycles. The van der Waals surface area contributed by atoms with E-state index in [-0.39, 0.29) is 6.42 Å². The molecule has 5 nitrogen and oxygen atoms in total. The molecule has 1 saturated heterocycles. The summed E-state index contributed by atoms with van der Waals surface area (Å²) in [6, 6.07) is 0.510. The summed E-state index contributed by atoms with van der Waals surface area (Å²) in [7, 11) is 1.68. The number of nitrogens with one attached hydrogen (secondary N) is 1. The van der Waals surface area contributed by atoms with Crippen LogP contribution < -0.4 is 5.32 Å². The van der Waals surface area contributed by atoms with Gasteiger partial charge in [-0.3, -0.25) is 9.69 Å². The van der Waals surface area contributed by atoms with Crippen LogP contribution in [0.25, 0.3) is 0 Å². The molecule has 0 spiro atoms.